The molecule has 43 heavy (non-hydrogen) atoms. The smallest absolute Gasteiger partial charge is 0.264 e. The molecule has 1 atom stereocenters. The number of rotatable bonds is 10. The number of anilines is 1. The van der Waals surface area contributed by atoms with Crippen molar-refractivity contribution >= 4 is 73.9 Å². The molecule has 0 unspecified atom stereocenters. The summed E-state index contributed by atoms with van der Waals surface area (Å²) in [6.07, 6.45) is 4.87. The van der Waals surface area contributed by atoms with E-state index in [0.717, 1.165) is 42.0 Å². The quantitative estimate of drug-likeness (QED) is 0.238. The van der Waals surface area contributed by atoms with Crippen molar-refractivity contribution in [2.75, 3.05) is 10.8 Å². The molecular weight excluding hydrogens is 652 g/mol. The first-order valence-electron chi connectivity index (χ1n) is 14.0. The average Bonchev–Trinajstić information content (AvgIpc) is 2.97. The van der Waals surface area contributed by atoms with Crippen LogP contribution in [0, 0.1) is 6.92 Å². The first-order valence-corrected chi connectivity index (χ1v) is 16.9. The summed E-state index contributed by atoms with van der Waals surface area (Å²) in [6, 6.07) is 14.8. The van der Waals surface area contributed by atoms with E-state index < -0.39 is 28.5 Å². The molecule has 1 N–H and O–H groups in total. The molecule has 0 radical (unpaired) electrons. The number of sulfonamides is 1. The van der Waals surface area contributed by atoms with Crippen LogP contribution in [0.4, 0.5) is 5.69 Å². The van der Waals surface area contributed by atoms with E-state index in [1.165, 1.54) is 29.2 Å². The van der Waals surface area contributed by atoms with Crippen molar-refractivity contribution in [2.45, 2.75) is 69.5 Å². The second kappa shape index (κ2) is 14.5. The normalized spacial score (nSPS) is 14.7. The number of nitrogens with one attached hydrogen (secondary N) is 1. The molecule has 1 aliphatic carbocycles. The van der Waals surface area contributed by atoms with Crippen molar-refractivity contribution in [3.8, 4) is 0 Å². The van der Waals surface area contributed by atoms with Gasteiger partial charge < -0.3 is 10.2 Å². The van der Waals surface area contributed by atoms with Crippen LogP contribution in [0.3, 0.4) is 0 Å². The SMILES string of the molecule is Cc1ccc(S(=O)(=O)N(CC(=O)N(Cc2c(Cl)cccc2Cl)[C@H](C)C(=O)NC2CCCCC2)c2cccc(Cl)c2Cl)cc1. The zero-order valence-corrected chi connectivity index (χ0v) is 27.7. The van der Waals surface area contributed by atoms with Crippen molar-refractivity contribution in [3.63, 3.8) is 0 Å². The van der Waals surface area contributed by atoms with E-state index in [-0.39, 0.29) is 39.1 Å². The van der Waals surface area contributed by atoms with Crippen molar-refractivity contribution in [1.82, 2.24) is 10.2 Å². The zero-order chi connectivity index (χ0) is 31.3. The monoisotopic (exact) mass is 683 g/mol. The summed E-state index contributed by atoms with van der Waals surface area (Å²) in [6.45, 7) is 2.65. The fourth-order valence-electron chi connectivity index (χ4n) is 5.04. The van der Waals surface area contributed by atoms with Gasteiger partial charge in [-0.3, -0.25) is 13.9 Å². The van der Waals surface area contributed by atoms with Gasteiger partial charge in [-0.15, -0.1) is 0 Å². The molecule has 4 rings (SSSR count). The van der Waals surface area contributed by atoms with E-state index >= 15 is 0 Å². The molecule has 3 aromatic rings. The zero-order valence-electron chi connectivity index (χ0n) is 23.8. The van der Waals surface area contributed by atoms with Crippen LogP contribution in [0.2, 0.25) is 20.1 Å². The number of hydrogen-bond acceptors (Lipinski definition) is 4. The van der Waals surface area contributed by atoms with Crippen LogP contribution in [-0.4, -0.2) is 43.8 Å². The molecule has 1 aliphatic rings. The molecule has 0 spiro atoms. The van der Waals surface area contributed by atoms with Gasteiger partial charge in [-0.05, 0) is 63.1 Å². The Morgan fingerprint density at radius 1 is 0.884 bits per heavy atom. The molecule has 3 aromatic carbocycles. The Morgan fingerprint density at radius 2 is 1.47 bits per heavy atom. The van der Waals surface area contributed by atoms with Crippen LogP contribution >= 0.6 is 46.4 Å². The number of nitrogens with zero attached hydrogens (tertiary/aromatic N) is 2. The molecule has 1 fully saturated rings. The van der Waals surface area contributed by atoms with E-state index in [9.17, 15) is 18.0 Å². The lowest BCUT2D eigenvalue weighted by molar-refractivity contribution is -0.139. The molecular formula is C31H33Cl4N3O4S. The third-order valence-electron chi connectivity index (χ3n) is 7.60. The maximum atomic E-state index is 14.2. The Bertz CT molecular complexity index is 1560. The summed E-state index contributed by atoms with van der Waals surface area (Å²) in [5.41, 5.74) is 1.33. The lowest BCUT2D eigenvalue weighted by atomic mass is 9.95. The highest BCUT2D eigenvalue weighted by molar-refractivity contribution is 7.92. The van der Waals surface area contributed by atoms with Gasteiger partial charge in [0.05, 0.1) is 20.6 Å². The molecule has 0 aliphatic heterocycles. The van der Waals surface area contributed by atoms with E-state index in [0.29, 0.717) is 15.6 Å². The van der Waals surface area contributed by atoms with Crippen LogP contribution in [0.25, 0.3) is 0 Å². The molecule has 0 aromatic heterocycles. The highest BCUT2D eigenvalue weighted by Gasteiger charge is 2.34. The Balaban J connectivity index is 1.74. The van der Waals surface area contributed by atoms with Gasteiger partial charge in [0.1, 0.15) is 12.6 Å². The summed E-state index contributed by atoms with van der Waals surface area (Å²) in [7, 11) is -4.31. The van der Waals surface area contributed by atoms with Crippen molar-refractivity contribution < 1.29 is 18.0 Å². The lowest BCUT2D eigenvalue weighted by Crippen LogP contribution is -2.53. The van der Waals surface area contributed by atoms with E-state index in [1.807, 2.05) is 6.92 Å². The average molecular weight is 686 g/mol. The van der Waals surface area contributed by atoms with Crippen LogP contribution in [0.1, 0.15) is 50.2 Å². The van der Waals surface area contributed by atoms with Gasteiger partial charge >= 0.3 is 0 Å². The Hall–Kier alpha value is -2.49. The molecule has 230 valence electrons. The summed E-state index contributed by atoms with van der Waals surface area (Å²) in [4.78, 5) is 28.9. The summed E-state index contributed by atoms with van der Waals surface area (Å²) >= 11 is 25.7. The second-order valence-corrected chi connectivity index (χ2v) is 14.1. The Labute approximate surface area is 273 Å². The number of halogens is 4. The maximum Gasteiger partial charge on any atom is 0.264 e. The highest BCUT2D eigenvalue weighted by Crippen LogP contribution is 2.36. The van der Waals surface area contributed by atoms with Gasteiger partial charge in [0.25, 0.3) is 10.0 Å². The molecule has 0 bridgehead atoms. The third kappa shape index (κ3) is 7.97. The minimum atomic E-state index is -4.31. The van der Waals surface area contributed by atoms with E-state index in [2.05, 4.69) is 5.32 Å². The van der Waals surface area contributed by atoms with Gasteiger partial charge in [0.2, 0.25) is 11.8 Å². The molecule has 0 saturated heterocycles. The number of carbonyl (C=O) groups is 2. The van der Waals surface area contributed by atoms with Crippen LogP contribution in [0.15, 0.2) is 65.6 Å². The minimum Gasteiger partial charge on any atom is -0.352 e. The van der Waals surface area contributed by atoms with Crippen LogP contribution in [-0.2, 0) is 26.2 Å². The predicted molar refractivity (Wildman–Crippen MR) is 174 cm³/mol. The number of hydrogen-bond donors (Lipinski definition) is 1. The first-order chi connectivity index (χ1) is 20.4. The number of carbonyl (C=O) groups excluding carboxylic acids is 2. The van der Waals surface area contributed by atoms with E-state index in [4.69, 9.17) is 46.4 Å². The Kier molecular flexibility index (Phi) is 11.3. The number of aryl methyl sites for hydroxylation is 1. The maximum absolute atomic E-state index is 14.2. The van der Waals surface area contributed by atoms with Crippen molar-refractivity contribution in [2.24, 2.45) is 0 Å². The second-order valence-electron chi connectivity index (χ2n) is 10.6. The highest BCUT2D eigenvalue weighted by atomic mass is 35.5. The third-order valence-corrected chi connectivity index (χ3v) is 10.9. The van der Waals surface area contributed by atoms with Gasteiger partial charge in [-0.2, -0.15) is 0 Å². The standard InChI is InChI=1S/C31H33Cl4N3O4S/c1-20-14-16-23(17-15-20)43(41,42)38(28-13-7-12-27(34)30(28)35)19-29(39)37(18-24-25(32)10-6-11-26(24)33)21(2)31(40)36-22-8-4-3-5-9-22/h6-7,10-17,21-22H,3-5,8-9,18-19H2,1-2H3,(H,36,40)/t21-/m1/s1. The lowest BCUT2D eigenvalue weighted by Gasteiger charge is -2.33. The molecule has 7 nitrogen and oxygen atoms in total. The number of amides is 2. The van der Waals surface area contributed by atoms with Crippen LogP contribution in [0.5, 0.6) is 0 Å². The molecule has 0 heterocycles. The van der Waals surface area contributed by atoms with E-state index in [1.54, 1.807) is 43.3 Å². The first kappa shape index (κ1) is 33.4. The molecule has 1 saturated carbocycles. The molecule has 12 heteroatoms. The summed E-state index contributed by atoms with van der Waals surface area (Å²) in [5, 5.41) is 3.78. The van der Waals surface area contributed by atoms with Crippen molar-refractivity contribution in [1.29, 1.82) is 0 Å². The van der Waals surface area contributed by atoms with Gasteiger partial charge in [-0.25, -0.2) is 8.42 Å². The topological polar surface area (TPSA) is 86.8 Å². The predicted octanol–water partition coefficient (Wildman–Crippen LogP) is 7.67. The Morgan fingerprint density at radius 3 is 2.09 bits per heavy atom. The van der Waals surface area contributed by atoms with Gasteiger partial charge in [0, 0.05) is 28.2 Å². The van der Waals surface area contributed by atoms with Gasteiger partial charge in [-0.1, -0.05) is 95.5 Å². The number of benzene rings is 3. The summed E-state index contributed by atoms with van der Waals surface area (Å²) in [5.74, 6) is -1.01. The molecule has 2 amide bonds. The van der Waals surface area contributed by atoms with Crippen molar-refractivity contribution in [3.05, 3.63) is 91.9 Å². The van der Waals surface area contributed by atoms with Gasteiger partial charge in [0.15, 0.2) is 0 Å². The minimum absolute atomic E-state index is 0.00762. The fourth-order valence-corrected chi connectivity index (χ4v) is 7.43. The summed E-state index contributed by atoms with van der Waals surface area (Å²) < 4.78 is 29.0. The largest absolute Gasteiger partial charge is 0.352 e. The fraction of sp³-hybridized carbons (Fsp3) is 0.355. The van der Waals surface area contributed by atoms with Crippen LogP contribution < -0.4 is 9.62 Å².